The number of thioether (sulfide) groups is 1. The van der Waals surface area contributed by atoms with E-state index in [4.69, 9.17) is 0 Å². The number of carbonyl (C=O) groups is 3. The first-order chi connectivity index (χ1) is 8.11. The van der Waals surface area contributed by atoms with Crippen LogP contribution in [-0.4, -0.2) is 34.3 Å². The fourth-order valence-electron chi connectivity index (χ4n) is 1.58. The van der Waals surface area contributed by atoms with Crippen LogP contribution in [0.1, 0.15) is 20.7 Å². The van der Waals surface area contributed by atoms with Crippen LogP contribution < -0.4 is 56.5 Å². The molecule has 1 aliphatic rings. The molecule has 88 valence electrons. The third-order valence-electron chi connectivity index (χ3n) is 2.32. The standard InChI is InChI=1S/C11H9NO4S.K/c13-9(14)5-17-6-12-10(15)7-3-1-2-4-8(7)11(12)16;/h1-4H,5-6H2,(H,13,14);/q;+1/p-1. The van der Waals surface area contributed by atoms with Crippen LogP contribution in [0.5, 0.6) is 0 Å². The predicted octanol–water partition coefficient (Wildman–Crippen LogP) is -3.27. The average Bonchev–Trinajstić information content (AvgIpc) is 2.54. The van der Waals surface area contributed by atoms with Crippen LogP contribution in [0.25, 0.3) is 0 Å². The molecule has 5 nitrogen and oxygen atoms in total. The molecule has 1 heterocycles. The Kier molecular flexibility index (Phi) is 6.02. The maximum Gasteiger partial charge on any atom is 1.00 e. The molecular formula is C11H8KNO4S. The zero-order valence-electron chi connectivity index (χ0n) is 9.71. The quantitative estimate of drug-likeness (QED) is 0.429. The Bertz CT molecular complexity index is 471. The van der Waals surface area contributed by atoms with Gasteiger partial charge in [0.2, 0.25) is 0 Å². The molecule has 7 heteroatoms. The number of carboxylic acid groups (broad SMARTS) is 1. The maximum absolute atomic E-state index is 11.8. The monoisotopic (exact) mass is 289 g/mol. The summed E-state index contributed by atoms with van der Waals surface area (Å²) in [7, 11) is 0. The van der Waals surface area contributed by atoms with Crippen molar-refractivity contribution in [3.05, 3.63) is 35.4 Å². The Hall–Kier alpha value is -0.184. The Balaban J connectivity index is 0.00000162. The third kappa shape index (κ3) is 3.22. The second kappa shape index (κ2) is 6.83. The van der Waals surface area contributed by atoms with Gasteiger partial charge < -0.3 is 9.90 Å². The van der Waals surface area contributed by atoms with E-state index in [1.165, 1.54) is 0 Å². The molecule has 0 aliphatic carbocycles. The number of amides is 2. The molecule has 0 aromatic heterocycles. The summed E-state index contributed by atoms with van der Waals surface area (Å²) in [5, 5.41) is 10.2. The van der Waals surface area contributed by atoms with Crippen molar-refractivity contribution in [2.45, 2.75) is 0 Å². The zero-order valence-corrected chi connectivity index (χ0v) is 13.7. The SMILES string of the molecule is O=C([O-])CSCN1C(=O)c2ccccc2C1=O.[K+]. The summed E-state index contributed by atoms with van der Waals surface area (Å²) in [5.74, 6) is -2.19. The second-order valence-corrected chi connectivity index (χ2v) is 4.39. The summed E-state index contributed by atoms with van der Waals surface area (Å²) in [5.41, 5.74) is 0.734. The zero-order chi connectivity index (χ0) is 12.4. The van der Waals surface area contributed by atoms with Crippen LogP contribution in [0.4, 0.5) is 0 Å². The Morgan fingerprint density at radius 2 is 1.67 bits per heavy atom. The average molecular weight is 289 g/mol. The molecule has 0 radical (unpaired) electrons. The van der Waals surface area contributed by atoms with Crippen LogP contribution in [0.15, 0.2) is 24.3 Å². The number of carbonyl (C=O) groups excluding carboxylic acids is 3. The van der Waals surface area contributed by atoms with Gasteiger partial charge in [0.15, 0.2) is 0 Å². The molecule has 0 saturated carbocycles. The summed E-state index contributed by atoms with van der Waals surface area (Å²) in [4.78, 5) is 34.9. The number of benzene rings is 1. The van der Waals surface area contributed by atoms with Crippen molar-refractivity contribution in [2.24, 2.45) is 0 Å². The number of aliphatic carboxylic acids is 1. The summed E-state index contributed by atoms with van der Waals surface area (Å²) >= 11 is 0.959. The normalized spacial score (nSPS) is 13.2. The molecule has 2 rings (SSSR count). The second-order valence-electron chi connectivity index (χ2n) is 3.43. The molecule has 1 aromatic rings. The summed E-state index contributed by atoms with van der Waals surface area (Å²) in [6, 6.07) is 6.53. The van der Waals surface area contributed by atoms with Gasteiger partial charge in [0.1, 0.15) is 0 Å². The fourth-order valence-corrected chi connectivity index (χ4v) is 2.25. The van der Waals surface area contributed by atoms with E-state index in [1.807, 2.05) is 0 Å². The molecule has 0 bridgehead atoms. The van der Waals surface area contributed by atoms with Gasteiger partial charge in [0, 0.05) is 5.75 Å². The van der Waals surface area contributed by atoms with E-state index in [0.29, 0.717) is 11.1 Å². The molecule has 18 heavy (non-hydrogen) atoms. The molecular weight excluding hydrogens is 281 g/mol. The first-order valence-corrected chi connectivity index (χ1v) is 5.99. The van der Waals surface area contributed by atoms with Crippen molar-refractivity contribution < 1.29 is 70.9 Å². The van der Waals surface area contributed by atoms with Gasteiger partial charge in [0.25, 0.3) is 11.8 Å². The molecule has 1 aliphatic heterocycles. The molecule has 0 atom stereocenters. The van der Waals surface area contributed by atoms with Gasteiger partial charge in [-0.25, -0.2) is 0 Å². The number of rotatable bonds is 4. The Labute approximate surface area is 150 Å². The van der Waals surface area contributed by atoms with Crippen LogP contribution in [0.2, 0.25) is 0 Å². The van der Waals surface area contributed by atoms with Gasteiger partial charge in [0.05, 0.1) is 23.0 Å². The molecule has 0 unspecified atom stereocenters. The molecule has 0 N–H and O–H groups in total. The largest absolute Gasteiger partial charge is 1.00 e. The Morgan fingerprint density at radius 3 is 2.11 bits per heavy atom. The van der Waals surface area contributed by atoms with Crippen molar-refractivity contribution in [2.75, 3.05) is 11.6 Å². The minimum absolute atomic E-state index is 0. The van der Waals surface area contributed by atoms with Gasteiger partial charge in [-0.2, -0.15) is 0 Å². The van der Waals surface area contributed by atoms with Crippen molar-refractivity contribution >= 4 is 29.5 Å². The summed E-state index contributed by atoms with van der Waals surface area (Å²) < 4.78 is 0. The summed E-state index contributed by atoms with van der Waals surface area (Å²) in [6.07, 6.45) is 0. The van der Waals surface area contributed by atoms with Crippen LogP contribution in [-0.2, 0) is 4.79 Å². The van der Waals surface area contributed by atoms with E-state index < -0.39 is 5.97 Å². The summed E-state index contributed by atoms with van der Waals surface area (Å²) in [6.45, 7) is 0. The smallest absolute Gasteiger partial charge is 0.549 e. The minimum Gasteiger partial charge on any atom is -0.549 e. The van der Waals surface area contributed by atoms with Gasteiger partial charge in [-0.3, -0.25) is 14.5 Å². The van der Waals surface area contributed by atoms with E-state index in [9.17, 15) is 19.5 Å². The van der Waals surface area contributed by atoms with Crippen molar-refractivity contribution in [1.29, 1.82) is 0 Å². The molecule has 0 fully saturated rings. The molecule has 1 aromatic carbocycles. The first-order valence-electron chi connectivity index (χ1n) is 4.84. The third-order valence-corrected chi connectivity index (χ3v) is 3.20. The molecule has 0 spiro atoms. The van der Waals surface area contributed by atoms with Crippen LogP contribution in [0, 0.1) is 0 Å². The van der Waals surface area contributed by atoms with Gasteiger partial charge in [-0.05, 0) is 12.1 Å². The first kappa shape index (κ1) is 15.9. The van der Waals surface area contributed by atoms with Gasteiger partial charge in [-0.1, -0.05) is 12.1 Å². The number of imide groups is 1. The number of nitrogens with zero attached hydrogens (tertiary/aromatic N) is 1. The Morgan fingerprint density at radius 1 is 1.17 bits per heavy atom. The number of hydrogen-bond donors (Lipinski definition) is 0. The minimum atomic E-state index is -1.22. The van der Waals surface area contributed by atoms with Crippen LogP contribution in [0.3, 0.4) is 0 Å². The van der Waals surface area contributed by atoms with Crippen molar-refractivity contribution in [1.82, 2.24) is 4.90 Å². The topological polar surface area (TPSA) is 77.5 Å². The van der Waals surface area contributed by atoms with Crippen LogP contribution >= 0.6 is 11.8 Å². The molecule has 0 saturated heterocycles. The van der Waals surface area contributed by atoms with E-state index in [0.717, 1.165) is 16.7 Å². The van der Waals surface area contributed by atoms with Crippen molar-refractivity contribution in [3.63, 3.8) is 0 Å². The predicted molar refractivity (Wildman–Crippen MR) is 59.3 cm³/mol. The fraction of sp³-hybridized carbons (Fsp3) is 0.182. The number of carboxylic acids is 1. The molecule has 2 amide bonds. The number of hydrogen-bond acceptors (Lipinski definition) is 5. The number of fused-ring (bicyclic) bond motifs is 1. The maximum atomic E-state index is 11.8. The van der Waals surface area contributed by atoms with Crippen molar-refractivity contribution in [3.8, 4) is 0 Å². The van der Waals surface area contributed by atoms with Gasteiger partial charge >= 0.3 is 51.4 Å². The van der Waals surface area contributed by atoms with E-state index >= 15 is 0 Å². The van der Waals surface area contributed by atoms with E-state index in [2.05, 4.69) is 0 Å². The van der Waals surface area contributed by atoms with E-state index in [-0.39, 0.29) is 74.8 Å². The van der Waals surface area contributed by atoms with Gasteiger partial charge in [-0.15, -0.1) is 11.8 Å². The van der Waals surface area contributed by atoms with E-state index in [1.54, 1.807) is 24.3 Å².